The lowest BCUT2D eigenvalue weighted by molar-refractivity contribution is 0.174. The number of nitrogens with one attached hydrogen (secondary N) is 1. The number of methoxy groups -OCH3 is 1. The zero-order valence-corrected chi connectivity index (χ0v) is 13.1. The Hall–Kier alpha value is -0.370. The molecule has 0 aliphatic rings. The molecule has 1 rings (SSSR count). The Balaban J connectivity index is 2.39. The smallest absolute Gasteiger partial charge is 0.208 e. The second kappa shape index (κ2) is 8.68. The normalized spacial score (nSPS) is 12.7. The van der Waals surface area contributed by atoms with Crippen LogP contribution in [-0.2, 0) is 4.74 Å². The average Bonchev–Trinajstić information content (AvgIpc) is 2.81. The molecular formula is C11H22N4OS2. The first kappa shape index (κ1) is 15.7. The number of hydrogen-bond acceptors (Lipinski definition) is 7. The molecule has 0 saturated heterocycles. The highest BCUT2D eigenvalue weighted by Gasteiger charge is 2.11. The van der Waals surface area contributed by atoms with Gasteiger partial charge >= 0.3 is 0 Å². The Morgan fingerprint density at radius 3 is 2.78 bits per heavy atom. The van der Waals surface area contributed by atoms with Gasteiger partial charge in [-0.1, -0.05) is 30.0 Å². The van der Waals surface area contributed by atoms with Gasteiger partial charge in [0.2, 0.25) is 5.13 Å². The second-order valence-electron chi connectivity index (χ2n) is 4.16. The molecule has 0 aliphatic carbocycles. The molecule has 5 nitrogen and oxygen atoms in total. The fraction of sp³-hybridized carbons (Fsp3) is 0.818. The highest BCUT2D eigenvalue weighted by Crippen LogP contribution is 2.27. The highest BCUT2D eigenvalue weighted by molar-refractivity contribution is 8.01. The molecule has 1 N–H and O–H groups in total. The molecule has 0 radical (unpaired) electrons. The zero-order valence-electron chi connectivity index (χ0n) is 11.5. The van der Waals surface area contributed by atoms with Gasteiger partial charge in [0.05, 0.1) is 6.61 Å². The number of anilines is 1. The van der Waals surface area contributed by atoms with Crippen LogP contribution in [0.1, 0.15) is 13.3 Å². The topological polar surface area (TPSA) is 50.3 Å². The Labute approximate surface area is 117 Å². The quantitative estimate of drug-likeness (QED) is 0.699. The second-order valence-corrected chi connectivity index (χ2v) is 6.39. The van der Waals surface area contributed by atoms with Gasteiger partial charge < -0.3 is 15.0 Å². The van der Waals surface area contributed by atoms with Gasteiger partial charge in [0.25, 0.3) is 0 Å². The summed E-state index contributed by atoms with van der Waals surface area (Å²) < 4.78 is 6.23. The highest BCUT2D eigenvalue weighted by atomic mass is 32.2. The van der Waals surface area contributed by atoms with Crippen LogP contribution in [0.15, 0.2) is 4.34 Å². The number of ether oxygens (including phenoxy) is 1. The molecule has 1 heterocycles. The van der Waals surface area contributed by atoms with Crippen LogP contribution in [0.5, 0.6) is 0 Å². The van der Waals surface area contributed by atoms with E-state index in [1.807, 2.05) is 19.0 Å². The SMILES string of the molecule is CCCNC(COC)CSc1nnc(N(C)C)s1. The minimum atomic E-state index is 0.367. The first-order valence-corrected chi connectivity index (χ1v) is 7.83. The van der Waals surface area contributed by atoms with Crippen LogP contribution in [0.2, 0.25) is 0 Å². The Kier molecular flexibility index (Phi) is 7.57. The van der Waals surface area contributed by atoms with E-state index in [-0.39, 0.29) is 0 Å². The van der Waals surface area contributed by atoms with Crippen molar-refractivity contribution in [2.75, 3.05) is 45.0 Å². The van der Waals surface area contributed by atoms with E-state index in [9.17, 15) is 0 Å². The van der Waals surface area contributed by atoms with Gasteiger partial charge in [-0.2, -0.15) is 0 Å². The van der Waals surface area contributed by atoms with Crippen molar-refractivity contribution < 1.29 is 4.74 Å². The van der Waals surface area contributed by atoms with Gasteiger partial charge in [-0.3, -0.25) is 0 Å². The molecule has 0 aromatic carbocycles. The van der Waals surface area contributed by atoms with Gasteiger partial charge in [-0.25, -0.2) is 0 Å². The lowest BCUT2D eigenvalue weighted by atomic mass is 10.3. The number of rotatable bonds is 9. The van der Waals surface area contributed by atoms with Crippen molar-refractivity contribution in [3.8, 4) is 0 Å². The summed E-state index contributed by atoms with van der Waals surface area (Å²) in [6, 6.07) is 0.367. The summed E-state index contributed by atoms with van der Waals surface area (Å²) in [4.78, 5) is 1.98. The molecule has 0 bridgehead atoms. The van der Waals surface area contributed by atoms with E-state index < -0.39 is 0 Å². The van der Waals surface area contributed by atoms with E-state index in [2.05, 4.69) is 22.4 Å². The van der Waals surface area contributed by atoms with Gasteiger partial charge in [-0.05, 0) is 13.0 Å². The molecule has 0 aliphatic heterocycles. The molecule has 1 aromatic heterocycles. The summed E-state index contributed by atoms with van der Waals surface area (Å²) in [6.07, 6.45) is 1.13. The molecule has 18 heavy (non-hydrogen) atoms. The van der Waals surface area contributed by atoms with E-state index in [4.69, 9.17) is 4.74 Å². The maximum atomic E-state index is 5.22. The molecule has 1 atom stereocenters. The summed E-state index contributed by atoms with van der Waals surface area (Å²) in [5, 5.41) is 12.7. The van der Waals surface area contributed by atoms with E-state index in [0.29, 0.717) is 6.04 Å². The van der Waals surface area contributed by atoms with E-state index in [1.165, 1.54) is 0 Å². The van der Waals surface area contributed by atoms with Gasteiger partial charge in [0.1, 0.15) is 0 Å². The summed E-state index contributed by atoms with van der Waals surface area (Å²) in [5.74, 6) is 0.954. The van der Waals surface area contributed by atoms with Crippen LogP contribution in [-0.4, -0.2) is 56.3 Å². The van der Waals surface area contributed by atoms with Crippen molar-refractivity contribution in [2.24, 2.45) is 0 Å². The van der Waals surface area contributed by atoms with Crippen molar-refractivity contribution >= 4 is 28.2 Å². The molecular weight excluding hydrogens is 268 g/mol. The van der Waals surface area contributed by atoms with Crippen molar-refractivity contribution in [3.63, 3.8) is 0 Å². The minimum absolute atomic E-state index is 0.367. The maximum Gasteiger partial charge on any atom is 0.208 e. The number of hydrogen-bond donors (Lipinski definition) is 1. The fourth-order valence-corrected chi connectivity index (χ4v) is 3.15. The largest absolute Gasteiger partial charge is 0.383 e. The first-order valence-electron chi connectivity index (χ1n) is 6.03. The lowest BCUT2D eigenvalue weighted by Crippen LogP contribution is -2.35. The third-order valence-corrected chi connectivity index (χ3v) is 4.62. The predicted molar refractivity (Wildman–Crippen MR) is 78.9 cm³/mol. The maximum absolute atomic E-state index is 5.22. The Morgan fingerprint density at radius 1 is 1.44 bits per heavy atom. The van der Waals surface area contributed by atoms with Crippen LogP contribution in [0.3, 0.4) is 0 Å². The zero-order chi connectivity index (χ0) is 13.4. The molecule has 0 fully saturated rings. The number of thioether (sulfide) groups is 1. The summed E-state index contributed by atoms with van der Waals surface area (Å²) in [5.41, 5.74) is 0. The molecule has 1 unspecified atom stereocenters. The van der Waals surface area contributed by atoms with Gasteiger partial charge in [0.15, 0.2) is 4.34 Å². The van der Waals surface area contributed by atoms with Crippen molar-refractivity contribution in [2.45, 2.75) is 23.7 Å². The first-order chi connectivity index (χ1) is 8.67. The van der Waals surface area contributed by atoms with E-state index in [0.717, 1.165) is 34.8 Å². The molecule has 0 saturated carbocycles. The third-order valence-electron chi connectivity index (χ3n) is 2.24. The van der Waals surface area contributed by atoms with E-state index in [1.54, 1.807) is 30.2 Å². The summed E-state index contributed by atoms with van der Waals surface area (Å²) >= 11 is 3.36. The summed E-state index contributed by atoms with van der Waals surface area (Å²) in [6.45, 7) is 3.91. The minimum Gasteiger partial charge on any atom is -0.383 e. The monoisotopic (exact) mass is 290 g/mol. The van der Waals surface area contributed by atoms with Crippen LogP contribution in [0.4, 0.5) is 5.13 Å². The van der Waals surface area contributed by atoms with Gasteiger partial charge in [-0.15, -0.1) is 10.2 Å². The number of nitrogens with zero attached hydrogens (tertiary/aromatic N) is 3. The van der Waals surface area contributed by atoms with Crippen LogP contribution in [0.25, 0.3) is 0 Å². The van der Waals surface area contributed by atoms with Crippen molar-refractivity contribution in [1.29, 1.82) is 0 Å². The molecule has 104 valence electrons. The third kappa shape index (κ3) is 5.51. The van der Waals surface area contributed by atoms with E-state index >= 15 is 0 Å². The fourth-order valence-electron chi connectivity index (χ4n) is 1.33. The average molecular weight is 290 g/mol. The van der Waals surface area contributed by atoms with Crippen LogP contribution >= 0.6 is 23.1 Å². The number of aromatic nitrogens is 2. The van der Waals surface area contributed by atoms with Gasteiger partial charge in [0, 0.05) is 33.0 Å². The lowest BCUT2D eigenvalue weighted by Gasteiger charge is -2.16. The Morgan fingerprint density at radius 2 is 2.22 bits per heavy atom. The standard InChI is InChI=1S/C11H22N4OS2/c1-5-6-12-9(7-16-4)8-17-11-14-13-10(18-11)15(2)3/h9,12H,5-8H2,1-4H3. The Bertz CT molecular complexity index is 333. The molecule has 0 spiro atoms. The molecule has 1 aromatic rings. The van der Waals surface area contributed by atoms with Crippen molar-refractivity contribution in [1.82, 2.24) is 15.5 Å². The summed E-state index contributed by atoms with van der Waals surface area (Å²) in [7, 11) is 5.69. The molecule has 0 amide bonds. The van der Waals surface area contributed by atoms with Crippen molar-refractivity contribution in [3.05, 3.63) is 0 Å². The van der Waals surface area contributed by atoms with Crippen LogP contribution < -0.4 is 10.2 Å². The van der Waals surface area contributed by atoms with Crippen LogP contribution in [0, 0.1) is 0 Å². The predicted octanol–water partition coefficient (Wildman–Crippen LogP) is 1.71. The molecule has 7 heteroatoms.